The van der Waals surface area contributed by atoms with Crippen LogP contribution in [-0.2, 0) is 9.53 Å². The second kappa shape index (κ2) is 10.1. The van der Waals surface area contributed by atoms with Crippen LogP contribution < -0.4 is 10.2 Å². The number of pyridine rings is 1. The van der Waals surface area contributed by atoms with Crippen molar-refractivity contribution in [1.29, 1.82) is 0 Å². The highest BCUT2D eigenvalue weighted by Crippen LogP contribution is 2.34. The lowest BCUT2D eigenvalue weighted by molar-refractivity contribution is -0.120. The van der Waals surface area contributed by atoms with Gasteiger partial charge in [0.05, 0.1) is 16.6 Å². The molecule has 0 aliphatic carbocycles. The molecule has 2 fully saturated rings. The summed E-state index contributed by atoms with van der Waals surface area (Å²) in [4.78, 5) is 27.9. The van der Waals surface area contributed by atoms with E-state index in [9.17, 15) is 4.79 Å². The molecule has 1 amide bonds. The van der Waals surface area contributed by atoms with Crippen molar-refractivity contribution in [3.8, 4) is 11.5 Å². The lowest BCUT2D eigenvalue weighted by Gasteiger charge is -2.32. The van der Waals surface area contributed by atoms with Crippen LogP contribution in [0.1, 0.15) is 38.3 Å². The van der Waals surface area contributed by atoms with Crippen LogP contribution in [0.15, 0.2) is 67.0 Å². The molecule has 1 atom stereocenters. The highest BCUT2D eigenvalue weighted by Gasteiger charge is 2.27. The summed E-state index contributed by atoms with van der Waals surface area (Å²) in [5, 5.41) is 9.13. The van der Waals surface area contributed by atoms with Gasteiger partial charge in [-0.25, -0.2) is 9.67 Å². The minimum atomic E-state index is -0.106. The molecule has 0 saturated carbocycles. The molecule has 5 aromatic rings. The molecule has 2 N–H and O–H groups in total. The molecular formula is C30H31N7O2. The predicted octanol–water partition coefficient (Wildman–Crippen LogP) is 5.53. The summed E-state index contributed by atoms with van der Waals surface area (Å²) >= 11 is 0. The van der Waals surface area contributed by atoms with Gasteiger partial charge in [0.1, 0.15) is 5.69 Å². The first-order valence-electron chi connectivity index (χ1n) is 13.8. The number of ether oxygens (including phenoxy) is 1. The predicted molar refractivity (Wildman–Crippen MR) is 151 cm³/mol. The minimum absolute atomic E-state index is 0.0213. The van der Waals surface area contributed by atoms with Gasteiger partial charge < -0.3 is 19.9 Å². The zero-order chi connectivity index (χ0) is 26.2. The summed E-state index contributed by atoms with van der Waals surface area (Å²) in [5.41, 5.74) is 5.52. The molecule has 3 aromatic heterocycles. The number of carbonyl (C=O) groups excluding carboxylic acids is 1. The van der Waals surface area contributed by atoms with Crippen molar-refractivity contribution in [2.24, 2.45) is 5.92 Å². The van der Waals surface area contributed by atoms with Crippen LogP contribution in [0.3, 0.4) is 0 Å². The van der Waals surface area contributed by atoms with E-state index in [1.165, 1.54) is 0 Å². The molecule has 2 aliphatic rings. The Morgan fingerprint density at radius 1 is 1.00 bits per heavy atom. The second-order valence-corrected chi connectivity index (χ2v) is 10.4. The average Bonchev–Trinajstić information content (AvgIpc) is 3.60. The zero-order valence-electron chi connectivity index (χ0n) is 21.7. The first-order valence-corrected chi connectivity index (χ1v) is 13.8. The molecule has 2 aliphatic heterocycles. The number of para-hydroxylation sites is 2. The number of imidazole rings is 1. The van der Waals surface area contributed by atoms with Crippen molar-refractivity contribution in [2.45, 2.75) is 38.3 Å². The number of hydrogen-bond donors (Lipinski definition) is 2. The number of hydrogen-bond acceptors (Lipinski definition) is 6. The van der Waals surface area contributed by atoms with Gasteiger partial charge in [-0.2, -0.15) is 5.10 Å². The largest absolute Gasteiger partial charge is 0.371 e. The summed E-state index contributed by atoms with van der Waals surface area (Å²) in [5.74, 6) is 0.756. The lowest BCUT2D eigenvalue weighted by atomic mass is 9.95. The summed E-state index contributed by atoms with van der Waals surface area (Å²) in [7, 11) is 0. The maximum atomic E-state index is 13.3. The number of nitrogens with one attached hydrogen (secondary N) is 2. The van der Waals surface area contributed by atoms with Crippen molar-refractivity contribution in [3.63, 3.8) is 0 Å². The summed E-state index contributed by atoms with van der Waals surface area (Å²) in [6.07, 6.45) is 8.26. The quantitative estimate of drug-likeness (QED) is 0.315. The first-order chi connectivity index (χ1) is 19.2. The van der Waals surface area contributed by atoms with Gasteiger partial charge in [0, 0.05) is 54.8 Å². The minimum Gasteiger partial charge on any atom is -0.371 e. The Hall–Kier alpha value is -4.24. The standard InChI is InChI=1S/C30H31N7O2/c38-30(20-12-16-36(17-13-20)22-10-14-31-15-11-22)32-21-8-9-26-23(19-21)28(35-37(26)27-7-3-4-18-39-27)29-33-24-5-1-2-6-25(24)34-29/h1-2,5-6,8-11,14-15,19-20,27H,3-4,7,12-13,16-18H2,(H,32,38)(H,33,34). The SMILES string of the molecule is O=C(Nc1ccc2c(c1)c(-c1nc3ccccc3[nH]1)nn2C1CCCCO1)C1CCN(c2ccncc2)CC1. The van der Waals surface area contributed by atoms with Crippen LogP contribution in [0.4, 0.5) is 11.4 Å². The van der Waals surface area contributed by atoms with E-state index in [1.807, 2.05) is 71.7 Å². The van der Waals surface area contributed by atoms with E-state index in [2.05, 4.69) is 20.2 Å². The molecule has 198 valence electrons. The summed E-state index contributed by atoms with van der Waals surface area (Å²) in [6.45, 7) is 2.44. The molecule has 7 rings (SSSR count). The number of amides is 1. The monoisotopic (exact) mass is 521 g/mol. The molecule has 0 spiro atoms. The van der Waals surface area contributed by atoms with Crippen LogP contribution in [0.5, 0.6) is 0 Å². The highest BCUT2D eigenvalue weighted by molar-refractivity contribution is 5.99. The topological polar surface area (TPSA) is 101 Å². The Kier molecular flexibility index (Phi) is 6.20. The van der Waals surface area contributed by atoms with Crippen molar-refractivity contribution >= 4 is 39.2 Å². The van der Waals surface area contributed by atoms with E-state index < -0.39 is 0 Å². The fourth-order valence-electron chi connectivity index (χ4n) is 5.79. The number of carbonyl (C=O) groups is 1. The second-order valence-electron chi connectivity index (χ2n) is 10.4. The normalized spacial score (nSPS) is 18.6. The third kappa shape index (κ3) is 4.63. The van der Waals surface area contributed by atoms with E-state index >= 15 is 0 Å². The average molecular weight is 522 g/mol. The number of aromatic amines is 1. The Labute approximate surface area is 226 Å². The maximum Gasteiger partial charge on any atom is 0.227 e. The van der Waals surface area contributed by atoms with Gasteiger partial charge in [-0.15, -0.1) is 0 Å². The number of aromatic nitrogens is 5. The molecule has 1 unspecified atom stereocenters. The highest BCUT2D eigenvalue weighted by atomic mass is 16.5. The smallest absolute Gasteiger partial charge is 0.227 e. The number of nitrogens with zero attached hydrogens (tertiary/aromatic N) is 5. The van der Waals surface area contributed by atoms with Crippen LogP contribution in [0.25, 0.3) is 33.5 Å². The van der Waals surface area contributed by atoms with Crippen LogP contribution >= 0.6 is 0 Å². The van der Waals surface area contributed by atoms with E-state index in [0.29, 0.717) is 5.82 Å². The van der Waals surface area contributed by atoms with Gasteiger partial charge in [-0.05, 0) is 74.6 Å². The third-order valence-electron chi connectivity index (χ3n) is 7.91. The van der Waals surface area contributed by atoms with Gasteiger partial charge >= 0.3 is 0 Å². The number of benzene rings is 2. The molecule has 2 aromatic carbocycles. The summed E-state index contributed by atoms with van der Waals surface area (Å²) < 4.78 is 8.07. The lowest BCUT2D eigenvalue weighted by Crippen LogP contribution is -2.38. The Bertz CT molecular complexity index is 1580. The van der Waals surface area contributed by atoms with E-state index in [4.69, 9.17) is 14.8 Å². The van der Waals surface area contributed by atoms with Crippen molar-refractivity contribution in [1.82, 2.24) is 24.7 Å². The van der Waals surface area contributed by atoms with Crippen molar-refractivity contribution < 1.29 is 9.53 Å². The van der Waals surface area contributed by atoms with E-state index in [0.717, 1.165) is 90.8 Å². The molecule has 0 radical (unpaired) electrons. The fraction of sp³-hybridized carbons (Fsp3) is 0.333. The van der Waals surface area contributed by atoms with Gasteiger partial charge in [0.15, 0.2) is 12.1 Å². The van der Waals surface area contributed by atoms with Gasteiger partial charge in [-0.1, -0.05) is 12.1 Å². The Morgan fingerprint density at radius 3 is 2.64 bits per heavy atom. The molecule has 5 heterocycles. The van der Waals surface area contributed by atoms with E-state index in [-0.39, 0.29) is 18.1 Å². The Balaban J connectivity index is 1.16. The van der Waals surface area contributed by atoms with Crippen LogP contribution in [0.2, 0.25) is 0 Å². The van der Waals surface area contributed by atoms with E-state index in [1.54, 1.807) is 0 Å². The Morgan fingerprint density at radius 2 is 1.85 bits per heavy atom. The van der Waals surface area contributed by atoms with Gasteiger partial charge in [0.25, 0.3) is 0 Å². The number of H-pyrrole nitrogens is 1. The first kappa shape index (κ1) is 23.8. The van der Waals surface area contributed by atoms with Gasteiger partial charge in [0.2, 0.25) is 5.91 Å². The number of anilines is 2. The third-order valence-corrected chi connectivity index (χ3v) is 7.91. The maximum absolute atomic E-state index is 13.3. The summed E-state index contributed by atoms with van der Waals surface area (Å²) in [6, 6.07) is 18.0. The number of rotatable bonds is 5. The molecule has 0 bridgehead atoms. The molecular weight excluding hydrogens is 490 g/mol. The van der Waals surface area contributed by atoms with Gasteiger partial charge in [-0.3, -0.25) is 9.78 Å². The van der Waals surface area contributed by atoms with Crippen molar-refractivity contribution in [2.75, 3.05) is 29.9 Å². The van der Waals surface area contributed by atoms with Crippen LogP contribution in [-0.4, -0.2) is 50.3 Å². The number of piperidine rings is 1. The molecule has 9 nitrogen and oxygen atoms in total. The molecule has 39 heavy (non-hydrogen) atoms. The molecule has 9 heteroatoms. The molecule has 2 saturated heterocycles. The zero-order valence-corrected chi connectivity index (χ0v) is 21.7. The fourth-order valence-corrected chi connectivity index (χ4v) is 5.79. The van der Waals surface area contributed by atoms with Crippen molar-refractivity contribution in [3.05, 3.63) is 67.0 Å². The van der Waals surface area contributed by atoms with Crippen LogP contribution in [0, 0.1) is 5.92 Å². The number of fused-ring (bicyclic) bond motifs is 2.